The van der Waals surface area contributed by atoms with Crippen LogP contribution >= 0.6 is 0 Å². The van der Waals surface area contributed by atoms with Crippen molar-refractivity contribution in [1.82, 2.24) is 10.2 Å². The molecule has 8 aromatic rings. The second-order valence-corrected chi connectivity index (χ2v) is 16.9. The molecule has 2 aromatic heterocycles. The monoisotopic (exact) mass is 718 g/mol. The van der Waals surface area contributed by atoms with Gasteiger partial charge in [0.25, 0.3) is 11.8 Å². The largest absolute Gasteiger partial charge is 0.383 e. The molecule has 6 nitrogen and oxygen atoms in total. The molecule has 0 aliphatic heterocycles. The quantitative estimate of drug-likeness (QED) is 0.170. The Labute approximate surface area is 321 Å². The highest BCUT2D eigenvalue weighted by atomic mass is 16.4. The molecule has 0 saturated heterocycles. The average Bonchev–Trinajstić information content (AvgIpc) is 3.99. The van der Waals surface area contributed by atoms with Gasteiger partial charge in [0, 0.05) is 45.6 Å². The van der Waals surface area contributed by atoms with Crippen molar-refractivity contribution in [2.75, 3.05) is 0 Å². The molecule has 6 heteroatoms. The fraction of sp³-hybridized carbons (Fsp3) is 0.184. The molecule has 6 aromatic carbocycles. The zero-order valence-electron chi connectivity index (χ0n) is 32.0. The molecule has 2 heterocycles. The normalized spacial score (nSPS) is 13.8. The van der Waals surface area contributed by atoms with Crippen LogP contribution in [0.1, 0.15) is 74.9 Å². The summed E-state index contributed by atoms with van der Waals surface area (Å²) in [6, 6.07) is 48.0. The van der Waals surface area contributed by atoms with Gasteiger partial charge in [0.1, 0.15) is 0 Å². The second-order valence-electron chi connectivity index (χ2n) is 16.9. The van der Waals surface area contributed by atoms with Crippen molar-refractivity contribution >= 4 is 0 Å². The van der Waals surface area contributed by atoms with E-state index in [1.54, 1.807) is 12.8 Å². The van der Waals surface area contributed by atoms with Gasteiger partial charge in [0.05, 0.1) is 5.41 Å². The summed E-state index contributed by atoms with van der Waals surface area (Å²) < 4.78 is 15.9. The van der Waals surface area contributed by atoms with Gasteiger partial charge in [-0.15, -0.1) is 0 Å². The predicted molar refractivity (Wildman–Crippen MR) is 214 cm³/mol. The zero-order chi connectivity index (χ0) is 37.7. The highest BCUT2D eigenvalue weighted by Gasteiger charge is 2.52. The molecule has 0 fully saturated rings. The molecule has 0 radical (unpaired) electrons. The Balaban J connectivity index is 1.10. The molecule has 0 atom stereocenters. The van der Waals surface area contributed by atoms with Gasteiger partial charge in [-0.1, -0.05) is 114 Å². The van der Waals surface area contributed by atoms with Gasteiger partial charge in [0.15, 0.2) is 0 Å². The Morgan fingerprint density at radius 2 is 0.818 bits per heavy atom. The Bertz CT molecular complexity index is 2580. The van der Waals surface area contributed by atoms with E-state index in [-0.39, 0.29) is 10.8 Å². The molecular weight excluding hydrogens is 677 g/mol. The van der Waals surface area contributed by atoms with E-state index in [1.807, 2.05) is 9.36 Å². The number of hydrogen-bond donors (Lipinski definition) is 0. The summed E-state index contributed by atoms with van der Waals surface area (Å²) in [5.74, 6) is 1.16. The number of benzene rings is 6. The molecule has 1 spiro atoms. The summed E-state index contributed by atoms with van der Waals surface area (Å²) in [5.41, 5.74) is 15.7. The van der Waals surface area contributed by atoms with Crippen LogP contribution in [0.25, 0.3) is 56.5 Å². The van der Waals surface area contributed by atoms with Crippen molar-refractivity contribution in [3.05, 3.63) is 180 Å². The van der Waals surface area contributed by atoms with Crippen LogP contribution in [0.2, 0.25) is 0 Å². The molecule has 0 N–H and O–H groups in total. The van der Waals surface area contributed by atoms with E-state index in [2.05, 4.69) is 175 Å². The third-order valence-corrected chi connectivity index (χ3v) is 11.5. The smallest absolute Gasteiger partial charge is 0.368 e. The number of rotatable bonds is 4. The SMILES string of the molecule is CC(C)(C)c1ccc(-c2n[n+](-c3ccc4c(c3)C3(c5ccccc5-4)c4ccccc4-c4ccc(-[n+]5coc(-c6ccc(C(C)(C)C)cc6)n5)cc43)co2)cc1. The molecule has 0 bridgehead atoms. The third kappa shape index (κ3) is 5.08. The Morgan fingerprint density at radius 1 is 0.436 bits per heavy atom. The molecule has 10 rings (SSSR count). The molecule has 268 valence electrons. The fourth-order valence-electron chi connectivity index (χ4n) is 8.60. The highest BCUT2D eigenvalue weighted by Crippen LogP contribution is 2.63. The van der Waals surface area contributed by atoms with Crippen LogP contribution in [-0.4, -0.2) is 10.2 Å². The van der Waals surface area contributed by atoms with Crippen molar-refractivity contribution in [2.24, 2.45) is 0 Å². The highest BCUT2D eigenvalue weighted by molar-refractivity contribution is 5.95. The Morgan fingerprint density at radius 3 is 1.22 bits per heavy atom. The lowest BCUT2D eigenvalue weighted by atomic mass is 9.70. The minimum Gasteiger partial charge on any atom is -0.383 e. The summed E-state index contributed by atoms with van der Waals surface area (Å²) in [6.07, 6.45) is 3.40. The molecule has 2 aliphatic carbocycles. The second kappa shape index (κ2) is 11.8. The van der Waals surface area contributed by atoms with Crippen LogP contribution in [0.5, 0.6) is 0 Å². The molecule has 0 saturated carbocycles. The first-order valence-corrected chi connectivity index (χ1v) is 19.0. The van der Waals surface area contributed by atoms with Gasteiger partial charge in [-0.05, 0) is 112 Å². The lowest BCUT2D eigenvalue weighted by molar-refractivity contribution is -0.659. The minimum atomic E-state index is -0.560. The summed E-state index contributed by atoms with van der Waals surface area (Å²) in [6.45, 7) is 13.3. The van der Waals surface area contributed by atoms with Crippen molar-refractivity contribution < 1.29 is 18.2 Å². The van der Waals surface area contributed by atoms with Gasteiger partial charge in [-0.2, -0.15) is 0 Å². The van der Waals surface area contributed by atoms with E-state index in [4.69, 9.17) is 19.0 Å². The van der Waals surface area contributed by atoms with Gasteiger partial charge in [0.2, 0.25) is 11.4 Å². The first-order chi connectivity index (χ1) is 26.5. The Hall–Kier alpha value is -6.40. The van der Waals surface area contributed by atoms with Crippen LogP contribution in [0, 0.1) is 0 Å². The molecule has 2 aliphatic rings. The van der Waals surface area contributed by atoms with Gasteiger partial charge >= 0.3 is 12.8 Å². The minimum absolute atomic E-state index is 0.0702. The lowest BCUT2D eigenvalue weighted by Crippen LogP contribution is -2.34. The molecule has 55 heavy (non-hydrogen) atoms. The van der Waals surface area contributed by atoms with Crippen molar-refractivity contribution in [3.63, 3.8) is 0 Å². The van der Waals surface area contributed by atoms with Gasteiger partial charge < -0.3 is 8.83 Å². The van der Waals surface area contributed by atoms with E-state index in [0.717, 1.165) is 22.5 Å². The average molecular weight is 719 g/mol. The summed E-state index contributed by atoms with van der Waals surface area (Å²) in [7, 11) is 0. The van der Waals surface area contributed by atoms with Crippen LogP contribution in [0.15, 0.2) is 155 Å². The van der Waals surface area contributed by atoms with Crippen molar-refractivity contribution in [2.45, 2.75) is 57.8 Å². The number of fused-ring (bicyclic) bond motifs is 10. The summed E-state index contributed by atoms with van der Waals surface area (Å²) in [5, 5.41) is 9.89. The predicted octanol–water partition coefficient (Wildman–Crippen LogP) is 10.5. The summed E-state index contributed by atoms with van der Waals surface area (Å²) >= 11 is 0. The molecular formula is C49H42N4O2+2. The number of hydrogen-bond acceptors (Lipinski definition) is 4. The van der Waals surface area contributed by atoms with Crippen LogP contribution in [-0.2, 0) is 16.2 Å². The van der Waals surface area contributed by atoms with E-state index in [0.29, 0.717) is 11.8 Å². The molecule has 0 amide bonds. The van der Waals surface area contributed by atoms with Crippen molar-refractivity contribution in [3.8, 4) is 56.5 Å². The first-order valence-electron chi connectivity index (χ1n) is 19.0. The van der Waals surface area contributed by atoms with Gasteiger partial charge in [-0.3, -0.25) is 0 Å². The maximum absolute atomic E-state index is 6.09. The van der Waals surface area contributed by atoms with E-state index >= 15 is 0 Å². The third-order valence-electron chi connectivity index (χ3n) is 11.5. The van der Waals surface area contributed by atoms with Crippen LogP contribution < -0.4 is 9.36 Å². The van der Waals surface area contributed by atoms with Crippen LogP contribution in [0.4, 0.5) is 0 Å². The number of nitrogens with zero attached hydrogens (tertiary/aromatic N) is 4. The van der Waals surface area contributed by atoms with E-state index < -0.39 is 5.41 Å². The van der Waals surface area contributed by atoms with E-state index in [9.17, 15) is 0 Å². The van der Waals surface area contributed by atoms with E-state index in [1.165, 1.54) is 55.6 Å². The van der Waals surface area contributed by atoms with Gasteiger partial charge in [-0.25, -0.2) is 0 Å². The fourth-order valence-corrected chi connectivity index (χ4v) is 8.60. The zero-order valence-corrected chi connectivity index (χ0v) is 32.0. The topological polar surface area (TPSA) is 59.8 Å². The maximum atomic E-state index is 6.09. The Kier molecular flexibility index (Phi) is 7.12. The van der Waals surface area contributed by atoms with Crippen LogP contribution in [0.3, 0.4) is 0 Å². The standard InChI is InChI=1S/C49H42N4O2/c1-47(2,3)33-19-15-31(16-20-33)45-50-52(29-54-45)35-23-25-39-37-11-7-9-13-41(37)49(43(39)27-35)42-14-10-8-12-38(42)40-26-24-36(28-44(40)49)53-30-55-46(51-53)32-17-21-34(22-18-32)48(4,5)6/h7-30H,1-6H3/q+2. The summed E-state index contributed by atoms with van der Waals surface area (Å²) in [4.78, 5) is 0. The lowest BCUT2D eigenvalue weighted by Gasteiger charge is -2.30. The maximum Gasteiger partial charge on any atom is 0.368 e. The first kappa shape index (κ1) is 33.2. The molecule has 0 unspecified atom stereocenters. The van der Waals surface area contributed by atoms with Crippen molar-refractivity contribution in [1.29, 1.82) is 0 Å². The number of aromatic nitrogens is 4.